The van der Waals surface area contributed by atoms with Gasteiger partial charge in [0.2, 0.25) is 0 Å². The molecule has 0 amide bonds. The van der Waals surface area contributed by atoms with E-state index in [-0.39, 0.29) is 5.75 Å². The van der Waals surface area contributed by atoms with Crippen LogP contribution in [0.2, 0.25) is 0 Å². The highest BCUT2D eigenvalue weighted by molar-refractivity contribution is 9.09. The van der Waals surface area contributed by atoms with Crippen LogP contribution in [0.1, 0.15) is 37.2 Å². The van der Waals surface area contributed by atoms with E-state index in [1.165, 1.54) is 12.1 Å². The third kappa shape index (κ3) is 4.14. The normalized spacial score (nSPS) is 23.1. The number of rotatable bonds is 5. The summed E-state index contributed by atoms with van der Waals surface area (Å²) in [6, 6.07) is 4.69. The molecule has 20 heavy (non-hydrogen) atoms. The molecule has 112 valence electrons. The molecule has 1 aliphatic carbocycles. The van der Waals surface area contributed by atoms with E-state index in [1.54, 1.807) is 6.07 Å². The van der Waals surface area contributed by atoms with Crippen molar-refractivity contribution < 1.29 is 17.9 Å². The lowest BCUT2D eigenvalue weighted by Crippen LogP contribution is -2.14. The maximum absolute atomic E-state index is 13.8. The summed E-state index contributed by atoms with van der Waals surface area (Å²) in [6.07, 6.45) is 1.79. The van der Waals surface area contributed by atoms with E-state index in [9.17, 15) is 13.2 Å². The molecule has 0 saturated heterocycles. The van der Waals surface area contributed by atoms with Crippen LogP contribution in [0.15, 0.2) is 18.2 Å². The lowest BCUT2D eigenvalue weighted by atomic mass is 9.79. The Hall–Kier alpha value is -0.710. The average Bonchev–Trinajstić information content (AvgIpc) is 2.46. The highest BCUT2D eigenvalue weighted by Gasteiger charge is 2.22. The second-order valence-corrected chi connectivity index (χ2v) is 5.91. The molecule has 1 aromatic carbocycles. The number of benzene rings is 1. The largest absolute Gasteiger partial charge is 0.485 e. The summed E-state index contributed by atoms with van der Waals surface area (Å²) in [5.41, 5.74) is 0.944. The molecule has 0 unspecified atom stereocenters. The number of ether oxygens (including phenoxy) is 1. The molecule has 1 saturated carbocycles. The average molecular weight is 351 g/mol. The number of hydrogen-bond donors (Lipinski definition) is 0. The van der Waals surface area contributed by atoms with Gasteiger partial charge in [0.15, 0.2) is 11.6 Å². The summed E-state index contributed by atoms with van der Waals surface area (Å²) in [6.45, 7) is -0.771. The smallest absolute Gasteiger partial charge is 0.272 e. The molecule has 1 nitrogen and oxygen atoms in total. The summed E-state index contributed by atoms with van der Waals surface area (Å²) >= 11 is 3.50. The Kier molecular flexibility index (Phi) is 5.75. The lowest BCUT2D eigenvalue weighted by molar-refractivity contribution is 0.0799. The Morgan fingerprint density at radius 2 is 1.90 bits per heavy atom. The van der Waals surface area contributed by atoms with Crippen molar-refractivity contribution in [1.29, 1.82) is 0 Å². The molecule has 0 N–H and O–H groups in total. The van der Waals surface area contributed by atoms with E-state index in [1.807, 2.05) is 0 Å². The first kappa shape index (κ1) is 15.7. The zero-order chi connectivity index (χ0) is 14.5. The van der Waals surface area contributed by atoms with Crippen LogP contribution in [0.3, 0.4) is 0 Å². The summed E-state index contributed by atoms with van der Waals surface area (Å²) in [4.78, 5) is 0. The third-order valence-electron chi connectivity index (χ3n) is 3.86. The maximum Gasteiger partial charge on any atom is 0.272 e. The standard InChI is InChI=1S/C15H18BrF3O/c16-8-10-1-3-11(4-2-10)12-5-6-14(13(17)7-12)20-9-15(18)19/h5-7,10-11,15H,1-4,8-9H2/t10-,11-. The summed E-state index contributed by atoms with van der Waals surface area (Å²) < 4.78 is 42.6. The Morgan fingerprint density at radius 1 is 1.20 bits per heavy atom. The molecule has 1 aliphatic rings. The van der Waals surface area contributed by atoms with Crippen LogP contribution in [0.25, 0.3) is 0 Å². The first-order valence-corrected chi connectivity index (χ1v) is 7.98. The van der Waals surface area contributed by atoms with Crippen molar-refractivity contribution in [3.63, 3.8) is 0 Å². The molecule has 2 rings (SSSR count). The van der Waals surface area contributed by atoms with Crippen LogP contribution in [-0.4, -0.2) is 18.4 Å². The molecule has 0 aliphatic heterocycles. The predicted octanol–water partition coefficient (Wildman–Crippen LogP) is 5.14. The fourth-order valence-corrected chi connectivity index (χ4v) is 3.34. The second kappa shape index (κ2) is 7.34. The van der Waals surface area contributed by atoms with Crippen molar-refractivity contribution in [2.24, 2.45) is 5.92 Å². The van der Waals surface area contributed by atoms with Gasteiger partial charge in [0.05, 0.1) is 0 Å². The molecule has 0 radical (unpaired) electrons. The van der Waals surface area contributed by atoms with Gasteiger partial charge in [-0.1, -0.05) is 22.0 Å². The monoisotopic (exact) mass is 350 g/mol. The third-order valence-corrected chi connectivity index (χ3v) is 4.77. The zero-order valence-corrected chi connectivity index (χ0v) is 12.7. The van der Waals surface area contributed by atoms with Gasteiger partial charge in [0, 0.05) is 5.33 Å². The van der Waals surface area contributed by atoms with E-state index in [2.05, 4.69) is 15.9 Å². The molecule has 0 heterocycles. The number of halogens is 4. The Labute approximate surface area is 125 Å². The van der Waals surface area contributed by atoms with Crippen molar-refractivity contribution in [3.05, 3.63) is 29.6 Å². The summed E-state index contributed by atoms with van der Waals surface area (Å²) in [7, 11) is 0. The first-order chi connectivity index (χ1) is 9.60. The zero-order valence-electron chi connectivity index (χ0n) is 11.1. The van der Waals surface area contributed by atoms with Gasteiger partial charge in [-0.2, -0.15) is 0 Å². The van der Waals surface area contributed by atoms with Crippen molar-refractivity contribution >= 4 is 15.9 Å². The van der Waals surface area contributed by atoms with Crippen LogP contribution in [-0.2, 0) is 0 Å². The number of alkyl halides is 3. The Bertz CT molecular complexity index is 431. The summed E-state index contributed by atoms with van der Waals surface area (Å²) in [5.74, 6) is 0.433. The lowest BCUT2D eigenvalue weighted by Gasteiger charge is -2.27. The Balaban J connectivity index is 1.98. The van der Waals surface area contributed by atoms with E-state index >= 15 is 0 Å². The van der Waals surface area contributed by atoms with Gasteiger partial charge >= 0.3 is 0 Å². The van der Waals surface area contributed by atoms with Crippen LogP contribution < -0.4 is 4.74 Å². The van der Waals surface area contributed by atoms with Gasteiger partial charge in [0.25, 0.3) is 6.43 Å². The van der Waals surface area contributed by atoms with E-state index in [0.717, 1.165) is 36.6 Å². The molecule has 0 aromatic heterocycles. The van der Waals surface area contributed by atoms with Gasteiger partial charge < -0.3 is 4.74 Å². The van der Waals surface area contributed by atoms with Gasteiger partial charge in [-0.3, -0.25) is 0 Å². The quantitative estimate of drug-likeness (QED) is 0.668. The van der Waals surface area contributed by atoms with Crippen molar-refractivity contribution in [2.45, 2.75) is 38.0 Å². The molecule has 0 atom stereocenters. The van der Waals surface area contributed by atoms with E-state index in [4.69, 9.17) is 4.74 Å². The fourth-order valence-electron chi connectivity index (χ4n) is 2.69. The van der Waals surface area contributed by atoms with Crippen LogP contribution >= 0.6 is 15.9 Å². The Morgan fingerprint density at radius 3 is 2.45 bits per heavy atom. The fraction of sp³-hybridized carbons (Fsp3) is 0.600. The maximum atomic E-state index is 13.8. The second-order valence-electron chi connectivity index (χ2n) is 5.26. The van der Waals surface area contributed by atoms with E-state index in [0.29, 0.717) is 11.8 Å². The van der Waals surface area contributed by atoms with Crippen LogP contribution in [0.5, 0.6) is 5.75 Å². The predicted molar refractivity (Wildman–Crippen MR) is 76.4 cm³/mol. The highest BCUT2D eigenvalue weighted by Crippen LogP contribution is 2.37. The minimum absolute atomic E-state index is 0.0943. The minimum atomic E-state index is -2.59. The van der Waals surface area contributed by atoms with Gasteiger partial charge in [0.1, 0.15) is 6.61 Å². The minimum Gasteiger partial charge on any atom is -0.485 e. The van der Waals surface area contributed by atoms with Crippen molar-refractivity contribution in [1.82, 2.24) is 0 Å². The molecule has 0 bridgehead atoms. The molecule has 0 spiro atoms. The first-order valence-electron chi connectivity index (χ1n) is 6.86. The van der Waals surface area contributed by atoms with Crippen LogP contribution in [0.4, 0.5) is 13.2 Å². The molecular formula is C15H18BrF3O. The molecular weight excluding hydrogens is 333 g/mol. The van der Waals surface area contributed by atoms with Crippen molar-refractivity contribution in [2.75, 3.05) is 11.9 Å². The van der Waals surface area contributed by atoms with Gasteiger partial charge in [-0.05, 0) is 55.2 Å². The van der Waals surface area contributed by atoms with Crippen LogP contribution in [0, 0.1) is 11.7 Å². The SMILES string of the molecule is Fc1cc([C@H]2CC[C@H](CBr)CC2)ccc1OCC(F)F. The number of hydrogen-bond acceptors (Lipinski definition) is 1. The highest BCUT2D eigenvalue weighted by atomic mass is 79.9. The van der Waals surface area contributed by atoms with E-state index < -0.39 is 18.8 Å². The molecule has 1 aromatic rings. The molecule has 1 fully saturated rings. The topological polar surface area (TPSA) is 9.23 Å². The van der Waals surface area contributed by atoms with Gasteiger partial charge in [-0.15, -0.1) is 0 Å². The van der Waals surface area contributed by atoms with Crippen molar-refractivity contribution in [3.8, 4) is 5.75 Å². The summed E-state index contributed by atoms with van der Waals surface area (Å²) in [5, 5.41) is 1.02. The molecule has 5 heteroatoms. The van der Waals surface area contributed by atoms with Gasteiger partial charge in [-0.25, -0.2) is 13.2 Å².